The number of nitrogens with one attached hydrogen (secondary N) is 2. The van der Waals surface area contributed by atoms with Crippen molar-refractivity contribution < 1.29 is 19.5 Å². The summed E-state index contributed by atoms with van der Waals surface area (Å²) in [6, 6.07) is -0.570. The van der Waals surface area contributed by atoms with Gasteiger partial charge in [0.1, 0.15) is 6.04 Å². The molecule has 7 nitrogen and oxygen atoms in total. The number of hydrogen-bond acceptors (Lipinski definition) is 4. The van der Waals surface area contributed by atoms with Gasteiger partial charge in [-0.25, -0.2) is 0 Å². The van der Waals surface area contributed by atoms with Crippen LogP contribution in [0, 0.1) is 23.7 Å². The average molecular weight is 422 g/mol. The van der Waals surface area contributed by atoms with Gasteiger partial charge in [-0.15, -0.1) is 0 Å². The second-order valence-corrected chi connectivity index (χ2v) is 8.49. The van der Waals surface area contributed by atoms with E-state index in [2.05, 4.69) is 30.6 Å². The molecule has 1 heterocycles. The summed E-state index contributed by atoms with van der Waals surface area (Å²) in [7, 11) is 1.61. The molecule has 0 radical (unpaired) electrons. The lowest BCUT2D eigenvalue weighted by Gasteiger charge is -2.34. The predicted octanol–water partition coefficient (Wildman–Crippen LogP) is 1.86. The van der Waals surface area contributed by atoms with Crippen LogP contribution in [0.5, 0.6) is 0 Å². The molecule has 0 aromatic heterocycles. The van der Waals surface area contributed by atoms with Crippen LogP contribution in [0.4, 0.5) is 0 Å². The van der Waals surface area contributed by atoms with Gasteiger partial charge in [0.25, 0.3) is 0 Å². The maximum absolute atomic E-state index is 13.5. The predicted molar refractivity (Wildman–Crippen MR) is 116 cm³/mol. The molecule has 2 aliphatic rings. The van der Waals surface area contributed by atoms with Gasteiger partial charge in [-0.2, -0.15) is 0 Å². The highest BCUT2D eigenvalue weighted by atomic mass is 16.3. The number of amides is 3. The number of likely N-dealkylation sites (tertiary alicyclic amines) is 1. The Bertz CT molecular complexity index is 622. The van der Waals surface area contributed by atoms with Gasteiger partial charge in [-0.3, -0.25) is 14.4 Å². The molecule has 0 unspecified atom stereocenters. The number of aliphatic hydroxyl groups is 1. The smallest absolute Gasteiger partial charge is 0.243 e. The number of fused-ring (bicyclic) bond motifs is 1. The zero-order valence-electron chi connectivity index (χ0n) is 18.7. The number of carbonyl (C=O) groups is 3. The Labute approximate surface area is 180 Å². The third kappa shape index (κ3) is 5.42. The number of carbonyl (C=O) groups excluding carboxylic acids is 3. The van der Waals surface area contributed by atoms with Crippen molar-refractivity contribution in [2.45, 2.75) is 64.8 Å². The van der Waals surface area contributed by atoms with Crippen LogP contribution >= 0.6 is 0 Å². The van der Waals surface area contributed by atoms with Crippen molar-refractivity contribution in [3.05, 3.63) is 12.2 Å². The summed E-state index contributed by atoms with van der Waals surface area (Å²) in [4.78, 5) is 41.1. The van der Waals surface area contributed by atoms with Gasteiger partial charge in [0.2, 0.25) is 17.7 Å². The molecule has 170 valence electrons. The van der Waals surface area contributed by atoms with Crippen molar-refractivity contribution in [1.29, 1.82) is 0 Å². The third-order valence-electron chi connectivity index (χ3n) is 6.44. The van der Waals surface area contributed by atoms with E-state index in [1.807, 2.05) is 6.08 Å². The highest BCUT2D eigenvalue weighted by molar-refractivity contribution is 5.96. The maximum atomic E-state index is 13.5. The molecule has 1 fully saturated rings. The Morgan fingerprint density at radius 2 is 1.83 bits per heavy atom. The molecule has 0 aromatic carbocycles. The van der Waals surface area contributed by atoms with E-state index >= 15 is 0 Å². The fourth-order valence-corrected chi connectivity index (χ4v) is 4.93. The summed E-state index contributed by atoms with van der Waals surface area (Å²) < 4.78 is 0. The summed E-state index contributed by atoms with van der Waals surface area (Å²) in [6.07, 6.45) is 9.94. The van der Waals surface area contributed by atoms with Crippen molar-refractivity contribution in [2.24, 2.45) is 23.7 Å². The minimum Gasteiger partial charge on any atom is -0.396 e. The van der Waals surface area contributed by atoms with E-state index in [9.17, 15) is 14.4 Å². The molecule has 0 bridgehead atoms. The van der Waals surface area contributed by atoms with Crippen LogP contribution in [0.2, 0.25) is 0 Å². The van der Waals surface area contributed by atoms with Crippen molar-refractivity contribution in [2.75, 3.05) is 26.7 Å². The van der Waals surface area contributed by atoms with Crippen LogP contribution < -0.4 is 10.6 Å². The zero-order chi connectivity index (χ0) is 22.1. The Balaban J connectivity index is 2.31. The second kappa shape index (κ2) is 12.1. The van der Waals surface area contributed by atoms with Crippen molar-refractivity contribution in [3.63, 3.8) is 0 Å². The van der Waals surface area contributed by atoms with Gasteiger partial charge in [0, 0.05) is 32.7 Å². The van der Waals surface area contributed by atoms with Crippen LogP contribution in [0.1, 0.15) is 58.8 Å². The molecule has 2 rings (SSSR count). The van der Waals surface area contributed by atoms with Crippen molar-refractivity contribution in [1.82, 2.24) is 15.5 Å². The molecule has 7 heteroatoms. The normalized spacial score (nSPS) is 27.8. The van der Waals surface area contributed by atoms with Crippen LogP contribution in [-0.4, -0.2) is 60.5 Å². The molecular weight excluding hydrogens is 382 g/mol. The third-order valence-corrected chi connectivity index (χ3v) is 6.44. The number of hydrogen-bond donors (Lipinski definition) is 3. The highest BCUT2D eigenvalue weighted by Gasteiger charge is 2.56. The molecule has 1 aliphatic heterocycles. The summed E-state index contributed by atoms with van der Waals surface area (Å²) in [5.41, 5.74) is 0. The average Bonchev–Trinajstić information content (AvgIpc) is 3.02. The minimum atomic E-state index is -0.570. The molecule has 3 N–H and O–H groups in total. The Hall–Kier alpha value is -1.89. The van der Waals surface area contributed by atoms with Crippen LogP contribution in [-0.2, 0) is 14.4 Å². The van der Waals surface area contributed by atoms with E-state index in [4.69, 9.17) is 5.11 Å². The molecule has 0 saturated carbocycles. The van der Waals surface area contributed by atoms with Crippen LogP contribution in [0.15, 0.2) is 12.2 Å². The molecule has 0 spiro atoms. The highest BCUT2D eigenvalue weighted by Crippen LogP contribution is 2.45. The van der Waals surface area contributed by atoms with Gasteiger partial charge in [0.15, 0.2) is 0 Å². The lowest BCUT2D eigenvalue weighted by Crippen LogP contribution is -2.48. The van der Waals surface area contributed by atoms with Crippen molar-refractivity contribution >= 4 is 17.7 Å². The number of nitrogens with zero attached hydrogens (tertiary/aromatic N) is 1. The van der Waals surface area contributed by atoms with Gasteiger partial charge >= 0.3 is 0 Å². The molecular formula is C23H39N3O4. The Morgan fingerprint density at radius 3 is 2.47 bits per heavy atom. The first-order valence-electron chi connectivity index (χ1n) is 11.6. The molecule has 30 heavy (non-hydrogen) atoms. The molecule has 3 amide bonds. The number of aliphatic hydroxyl groups excluding tert-OH is 1. The first-order chi connectivity index (χ1) is 14.5. The topological polar surface area (TPSA) is 98.7 Å². The van der Waals surface area contributed by atoms with E-state index in [-0.39, 0.29) is 36.2 Å². The largest absolute Gasteiger partial charge is 0.396 e. The van der Waals surface area contributed by atoms with E-state index in [0.29, 0.717) is 19.5 Å². The summed E-state index contributed by atoms with van der Waals surface area (Å²) in [5, 5.41) is 14.8. The Morgan fingerprint density at radius 1 is 1.07 bits per heavy atom. The standard InChI is InChI=1S/C23H39N3O4/c1-4-6-13-25-22(29)20-17-12-11-16(10-5-2)18(21(28)24-3)19(17)23(30)26(20)14-8-7-9-15-27/h11-12,16-20,27H,4-10,13-15H2,1-3H3,(H,24,28)(H,25,29)/t16-,17+,18-,19+,20+/m1/s1. The molecule has 5 atom stereocenters. The molecule has 1 saturated heterocycles. The number of rotatable bonds is 12. The van der Waals surface area contributed by atoms with E-state index < -0.39 is 17.9 Å². The van der Waals surface area contributed by atoms with E-state index in [1.54, 1.807) is 11.9 Å². The van der Waals surface area contributed by atoms with Gasteiger partial charge in [0.05, 0.1) is 11.8 Å². The monoisotopic (exact) mass is 421 g/mol. The fraction of sp³-hybridized carbons (Fsp3) is 0.783. The van der Waals surface area contributed by atoms with E-state index in [0.717, 1.165) is 38.5 Å². The minimum absolute atomic E-state index is 0.0123. The first kappa shape index (κ1) is 24.4. The number of allylic oxidation sites excluding steroid dienone is 1. The van der Waals surface area contributed by atoms with Crippen molar-refractivity contribution in [3.8, 4) is 0 Å². The van der Waals surface area contributed by atoms with Gasteiger partial charge in [-0.05, 0) is 38.0 Å². The zero-order valence-corrected chi connectivity index (χ0v) is 18.7. The SMILES string of the molecule is CCCCNC(=O)[C@@H]1[C@H]2C=C[C@@H](CCC)[C@@H](C(=O)NC)[C@H]2C(=O)N1CCCCCO. The molecule has 0 aromatic rings. The second-order valence-electron chi connectivity index (χ2n) is 8.49. The lowest BCUT2D eigenvalue weighted by molar-refractivity contribution is -0.140. The lowest BCUT2D eigenvalue weighted by atomic mass is 9.68. The Kier molecular flexibility index (Phi) is 9.82. The summed E-state index contributed by atoms with van der Waals surface area (Å²) in [6.45, 7) is 5.34. The quantitative estimate of drug-likeness (QED) is 0.331. The fourth-order valence-electron chi connectivity index (χ4n) is 4.93. The maximum Gasteiger partial charge on any atom is 0.243 e. The van der Waals surface area contributed by atoms with Gasteiger partial charge in [-0.1, -0.05) is 38.8 Å². The summed E-state index contributed by atoms with van der Waals surface area (Å²) in [5.74, 6) is -1.53. The first-order valence-corrected chi connectivity index (χ1v) is 11.6. The molecule has 1 aliphatic carbocycles. The summed E-state index contributed by atoms with van der Waals surface area (Å²) >= 11 is 0. The number of unbranched alkanes of at least 4 members (excludes halogenated alkanes) is 3. The van der Waals surface area contributed by atoms with E-state index in [1.165, 1.54) is 0 Å². The van der Waals surface area contributed by atoms with Crippen LogP contribution in [0.3, 0.4) is 0 Å². The van der Waals surface area contributed by atoms with Gasteiger partial charge < -0.3 is 20.6 Å². The van der Waals surface area contributed by atoms with Crippen LogP contribution in [0.25, 0.3) is 0 Å².